The fraction of sp³-hybridized carbons (Fsp3) is 0.750. The van der Waals surface area contributed by atoms with Gasteiger partial charge >= 0.3 is 5.97 Å². The lowest BCUT2D eigenvalue weighted by molar-refractivity contribution is -0.139. The summed E-state index contributed by atoms with van der Waals surface area (Å²) in [5, 5.41) is 14.0. The second-order valence-corrected chi connectivity index (χ2v) is 4.39. The topological polar surface area (TPSA) is 98.7 Å². The molecule has 0 aliphatic heterocycles. The Kier molecular flexibility index (Phi) is 8.52. The van der Waals surface area contributed by atoms with Crippen molar-refractivity contribution in [1.82, 2.24) is 15.5 Å². The van der Waals surface area contributed by atoms with Crippen LogP contribution in [-0.4, -0.2) is 60.0 Å². The summed E-state index contributed by atoms with van der Waals surface area (Å²) < 4.78 is 0. The first-order valence-corrected chi connectivity index (χ1v) is 6.33. The second-order valence-electron chi connectivity index (χ2n) is 4.39. The highest BCUT2D eigenvalue weighted by Crippen LogP contribution is 2.02. The van der Waals surface area contributed by atoms with Crippen LogP contribution >= 0.6 is 0 Å². The molecular formula is C12H23N3O4. The largest absolute Gasteiger partial charge is 0.480 e. The fourth-order valence-electron chi connectivity index (χ4n) is 1.48. The van der Waals surface area contributed by atoms with Crippen molar-refractivity contribution >= 4 is 17.8 Å². The molecule has 0 aliphatic rings. The minimum Gasteiger partial charge on any atom is -0.480 e. The van der Waals surface area contributed by atoms with Gasteiger partial charge in [0, 0.05) is 26.1 Å². The van der Waals surface area contributed by atoms with E-state index in [4.69, 9.17) is 5.11 Å². The molecule has 0 rings (SSSR count). The van der Waals surface area contributed by atoms with Crippen LogP contribution in [0.5, 0.6) is 0 Å². The fourth-order valence-corrected chi connectivity index (χ4v) is 1.48. The number of carboxylic acids is 1. The van der Waals surface area contributed by atoms with Crippen molar-refractivity contribution < 1.29 is 19.5 Å². The van der Waals surface area contributed by atoms with Gasteiger partial charge in [-0.3, -0.25) is 19.3 Å². The van der Waals surface area contributed by atoms with Crippen LogP contribution in [0.3, 0.4) is 0 Å². The minimum absolute atomic E-state index is 0.0252. The summed E-state index contributed by atoms with van der Waals surface area (Å²) in [4.78, 5) is 34.6. The highest BCUT2D eigenvalue weighted by molar-refractivity contribution is 5.79. The van der Waals surface area contributed by atoms with Crippen LogP contribution in [0, 0.1) is 0 Å². The summed E-state index contributed by atoms with van der Waals surface area (Å²) in [5.41, 5.74) is 0. The van der Waals surface area contributed by atoms with Crippen molar-refractivity contribution in [2.24, 2.45) is 0 Å². The molecule has 0 aliphatic carbocycles. The van der Waals surface area contributed by atoms with E-state index in [0.29, 0.717) is 13.1 Å². The van der Waals surface area contributed by atoms with Crippen LogP contribution in [-0.2, 0) is 14.4 Å². The zero-order valence-corrected chi connectivity index (χ0v) is 11.7. The van der Waals surface area contributed by atoms with Crippen LogP contribution in [0.15, 0.2) is 0 Å². The van der Waals surface area contributed by atoms with Crippen LogP contribution in [0.25, 0.3) is 0 Å². The lowest BCUT2D eigenvalue weighted by Crippen LogP contribution is -2.45. The summed E-state index contributed by atoms with van der Waals surface area (Å²) >= 11 is 0. The third-order valence-corrected chi connectivity index (χ3v) is 2.72. The van der Waals surface area contributed by atoms with E-state index in [1.165, 1.54) is 6.92 Å². The highest BCUT2D eigenvalue weighted by atomic mass is 16.4. The lowest BCUT2D eigenvalue weighted by Gasteiger charge is -2.25. The Labute approximate surface area is 113 Å². The molecule has 0 saturated carbocycles. The number of hydrogen-bond acceptors (Lipinski definition) is 4. The first kappa shape index (κ1) is 17.4. The van der Waals surface area contributed by atoms with Gasteiger partial charge in [0.1, 0.15) is 0 Å². The van der Waals surface area contributed by atoms with Gasteiger partial charge in [0.2, 0.25) is 11.8 Å². The van der Waals surface area contributed by atoms with Crippen LogP contribution < -0.4 is 10.6 Å². The van der Waals surface area contributed by atoms with E-state index in [-0.39, 0.29) is 30.9 Å². The van der Waals surface area contributed by atoms with Crippen molar-refractivity contribution in [2.75, 3.05) is 26.2 Å². The zero-order chi connectivity index (χ0) is 14.8. The number of carbonyl (C=O) groups excluding carboxylic acids is 2. The van der Waals surface area contributed by atoms with Crippen molar-refractivity contribution in [3.63, 3.8) is 0 Å². The van der Waals surface area contributed by atoms with Crippen molar-refractivity contribution in [2.45, 2.75) is 33.2 Å². The Morgan fingerprint density at radius 2 is 1.74 bits per heavy atom. The molecule has 0 aromatic carbocycles. The van der Waals surface area contributed by atoms with Crippen LogP contribution in [0.2, 0.25) is 0 Å². The van der Waals surface area contributed by atoms with E-state index >= 15 is 0 Å². The predicted molar refractivity (Wildman–Crippen MR) is 70.7 cm³/mol. The first-order chi connectivity index (χ1) is 8.86. The molecule has 0 heterocycles. The molecule has 1 atom stereocenters. The van der Waals surface area contributed by atoms with E-state index in [0.717, 1.165) is 6.42 Å². The third-order valence-electron chi connectivity index (χ3n) is 2.72. The molecule has 7 nitrogen and oxygen atoms in total. The maximum Gasteiger partial charge on any atom is 0.317 e. The van der Waals surface area contributed by atoms with Crippen LogP contribution in [0.4, 0.5) is 0 Å². The number of carbonyl (C=O) groups is 3. The molecule has 0 radical (unpaired) electrons. The predicted octanol–water partition coefficient (Wildman–Crippen LogP) is -0.576. The van der Waals surface area contributed by atoms with Gasteiger partial charge in [-0.25, -0.2) is 0 Å². The lowest BCUT2D eigenvalue weighted by atomic mass is 10.2. The molecule has 0 fully saturated rings. The molecule has 0 spiro atoms. The average Bonchev–Trinajstić information content (AvgIpc) is 2.32. The molecule has 0 bridgehead atoms. The van der Waals surface area contributed by atoms with Gasteiger partial charge < -0.3 is 15.7 Å². The molecule has 19 heavy (non-hydrogen) atoms. The van der Waals surface area contributed by atoms with Gasteiger partial charge in [-0.2, -0.15) is 0 Å². The molecule has 0 saturated heterocycles. The van der Waals surface area contributed by atoms with E-state index in [2.05, 4.69) is 10.6 Å². The summed E-state index contributed by atoms with van der Waals surface area (Å²) in [6, 6.07) is 0.0252. The van der Waals surface area contributed by atoms with Crippen LogP contribution in [0.1, 0.15) is 27.2 Å². The molecule has 0 aromatic rings. The SMILES string of the molecule is CCC(C)N(CC(=O)O)CC(=O)NCCNC(C)=O. The number of carboxylic acid groups (broad SMARTS) is 1. The number of amides is 2. The molecule has 1 unspecified atom stereocenters. The highest BCUT2D eigenvalue weighted by Gasteiger charge is 2.18. The number of aliphatic carboxylic acids is 1. The Morgan fingerprint density at radius 3 is 2.21 bits per heavy atom. The van der Waals surface area contributed by atoms with Gasteiger partial charge in [0.25, 0.3) is 0 Å². The monoisotopic (exact) mass is 273 g/mol. The Morgan fingerprint density at radius 1 is 1.16 bits per heavy atom. The number of rotatable bonds is 9. The van der Waals surface area contributed by atoms with Gasteiger partial charge in [0.05, 0.1) is 13.1 Å². The molecular weight excluding hydrogens is 250 g/mol. The number of hydrogen-bond donors (Lipinski definition) is 3. The summed E-state index contributed by atoms with van der Waals surface area (Å²) in [6.07, 6.45) is 0.770. The van der Waals surface area contributed by atoms with Crippen molar-refractivity contribution in [3.05, 3.63) is 0 Å². The molecule has 2 amide bonds. The van der Waals surface area contributed by atoms with E-state index in [1.54, 1.807) is 4.90 Å². The zero-order valence-electron chi connectivity index (χ0n) is 11.7. The van der Waals surface area contributed by atoms with E-state index in [1.807, 2.05) is 13.8 Å². The van der Waals surface area contributed by atoms with E-state index < -0.39 is 5.97 Å². The molecule has 0 aromatic heterocycles. The smallest absolute Gasteiger partial charge is 0.317 e. The maximum atomic E-state index is 11.6. The number of nitrogens with zero attached hydrogens (tertiary/aromatic N) is 1. The summed E-state index contributed by atoms with van der Waals surface area (Å²) in [7, 11) is 0. The Bertz CT molecular complexity index is 320. The third kappa shape index (κ3) is 9.01. The van der Waals surface area contributed by atoms with Crippen molar-refractivity contribution in [3.8, 4) is 0 Å². The van der Waals surface area contributed by atoms with Gasteiger partial charge in [-0.05, 0) is 13.3 Å². The molecule has 110 valence electrons. The number of nitrogens with one attached hydrogen (secondary N) is 2. The first-order valence-electron chi connectivity index (χ1n) is 6.33. The van der Waals surface area contributed by atoms with Crippen molar-refractivity contribution in [1.29, 1.82) is 0 Å². The minimum atomic E-state index is -0.952. The van der Waals surface area contributed by atoms with E-state index in [9.17, 15) is 14.4 Å². The Hall–Kier alpha value is -1.63. The quantitative estimate of drug-likeness (QED) is 0.488. The summed E-state index contributed by atoms with van der Waals surface area (Å²) in [6.45, 7) is 5.81. The molecule has 7 heteroatoms. The standard InChI is InChI=1S/C12H23N3O4/c1-4-9(2)15(8-12(18)19)7-11(17)14-6-5-13-10(3)16/h9H,4-8H2,1-3H3,(H,13,16)(H,14,17)(H,18,19). The Balaban J connectivity index is 4.08. The van der Waals surface area contributed by atoms with Gasteiger partial charge in [-0.1, -0.05) is 6.92 Å². The summed E-state index contributed by atoms with van der Waals surface area (Å²) in [5.74, 6) is -1.35. The maximum absolute atomic E-state index is 11.6. The normalized spacial score (nSPS) is 12.0. The van der Waals surface area contributed by atoms with Gasteiger partial charge in [-0.15, -0.1) is 0 Å². The molecule has 3 N–H and O–H groups in total. The van der Waals surface area contributed by atoms with Gasteiger partial charge in [0.15, 0.2) is 0 Å². The average molecular weight is 273 g/mol. The second kappa shape index (κ2) is 9.32.